The highest BCUT2D eigenvalue weighted by Gasteiger charge is 2.30. The molecular weight excluding hydrogens is 418 g/mol. The summed E-state index contributed by atoms with van der Waals surface area (Å²) in [6, 6.07) is 9.24. The Balaban J connectivity index is 1.79. The Morgan fingerprint density at radius 1 is 1.06 bits per heavy atom. The van der Waals surface area contributed by atoms with Gasteiger partial charge in [-0.1, -0.05) is 0 Å². The fourth-order valence-electron chi connectivity index (χ4n) is 3.14. The van der Waals surface area contributed by atoms with Crippen molar-refractivity contribution in [2.75, 3.05) is 5.32 Å². The van der Waals surface area contributed by atoms with Gasteiger partial charge < -0.3 is 5.32 Å². The molecule has 1 N–H and O–H groups in total. The zero-order chi connectivity index (χ0) is 22.3. The fraction of sp³-hybridized carbons (Fsp3) is 0.100. The van der Waals surface area contributed by atoms with Crippen LogP contribution in [-0.4, -0.2) is 19.3 Å². The average Bonchev–Trinajstić information content (AvgIpc) is 3.02. The van der Waals surface area contributed by atoms with Gasteiger partial charge in [0.15, 0.2) is 0 Å². The van der Waals surface area contributed by atoms with Crippen molar-refractivity contribution in [2.45, 2.75) is 13.1 Å². The number of benzene rings is 1. The first-order valence-corrected chi connectivity index (χ1v) is 8.87. The number of aromatic nitrogens is 3. The molecule has 0 saturated carbocycles. The predicted molar refractivity (Wildman–Crippen MR) is 104 cm³/mol. The maximum absolute atomic E-state index is 13.8. The molecular formula is C20H13F4N5O2. The summed E-state index contributed by atoms with van der Waals surface area (Å²) >= 11 is 0. The van der Waals surface area contributed by atoms with Crippen LogP contribution in [0.4, 0.5) is 34.8 Å². The van der Waals surface area contributed by atoms with Crippen molar-refractivity contribution < 1.29 is 22.5 Å². The molecule has 0 saturated heterocycles. The van der Waals surface area contributed by atoms with E-state index in [1.165, 1.54) is 40.9 Å². The lowest BCUT2D eigenvalue weighted by Crippen LogP contribution is -2.05. The zero-order valence-electron chi connectivity index (χ0n) is 15.8. The van der Waals surface area contributed by atoms with Crippen molar-refractivity contribution in [3.8, 4) is 11.4 Å². The number of pyridine rings is 2. The van der Waals surface area contributed by atoms with Crippen LogP contribution in [0.25, 0.3) is 17.0 Å². The number of hydrogen-bond donors (Lipinski definition) is 1. The highest BCUT2D eigenvalue weighted by atomic mass is 19.4. The topological polar surface area (TPSA) is 85.4 Å². The Labute approximate surface area is 172 Å². The summed E-state index contributed by atoms with van der Waals surface area (Å²) in [4.78, 5) is 19.5. The third kappa shape index (κ3) is 4.02. The molecule has 0 atom stereocenters. The van der Waals surface area contributed by atoms with Crippen molar-refractivity contribution in [1.82, 2.24) is 14.4 Å². The van der Waals surface area contributed by atoms with Crippen LogP contribution in [0.3, 0.4) is 0 Å². The van der Waals surface area contributed by atoms with E-state index in [1.807, 2.05) is 0 Å². The van der Waals surface area contributed by atoms with Crippen molar-refractivity contribution >= 4 is 22.8 Å². The monoisotopic (exact) mass is 431 g/mol. The van der Waals surface area contributed by atoms with Gasteiger partial charge in [-0.25, -0.2) is 14.4 Å². The first-order chi connectivity index (χ1) is 14.6. The Hall–Kier alpha value is -4.02. The molecule has 1 aromatic carbocycles. The van der Waals surface area contributed by atoms with Gasteiger partial charge in [0.25, 0.3) is 5.69 Å². The Morgan fingerprint density at radius 2 is 1.77 bits per heavy atom. The summed E-state index contributed by atoms with van der Waals surface area (Å²) in [6.07, 6.45) is -3.29. The van der Waals surface area contributed by atoms with Crippen LogP contribution in [0.2, 0.25) is 0 Å². The molecule has 0 unspecified atom stereocenters. The lowest BCUT2D eigenvalue weighted by molar-refractivity contribution is -0.384. The molecule has 0 fully saturated rings. The number of nitro groups is 1. The highest BCUT2D eigenvalue weighted by molar-refractivity contribution is 5.70. The number of imidazole rings is 1. The SMILES string of the molecule is Cc1nc2ccc(F)cn2c1-c1cc([N+](=O)[O-])cc(Nc2ccc(C(F)(F)F)cc2)n1. The van der Waals surface area contributed by atoms with Gasteiger partial charge in [-0.15, -0.1) is 0 Å². The van der Waals surface area contributed by atoms with E-state index in [0.29, 0.717) is 17.0 Å². The normalized spacial score (nSPS) is 11.6. The van der Waals surface area contributed by atoms with Gasteiger partial charge in [0.2, 0.25) is 0 Å². The second-order valence-corrected chi connectivity index (χ2v) is 6.67. The van der Waals surface area contributed by atoms with E-state index >= 15 is 0 Å². The zero-order valence-corrected chi connectivity index (χ0v) is 15.8. The first-order valence-electron chi connectivity index (χ1n) is 8.87. The molecule has 31 heavy (non-hydrogen) atoms. The maximum atomic E-state index is 13.8. The van der Waals surface area contributed by atoms with Crippen LogP contribution in [0, 0.1) is 22.9 Å². The van der Waals surface area contributed by atoms with Gasteiger partial charge in [0, 0.05) is 18.0 Å². The van der Waals surface area contributed by atoms with Crippen molar-refractivity contribution in [2.24, 2.45) is 0 Å². The highest BCUT2D eigenvalue weighted by Crippen LogP contribution is 2.32. The average molecular weight is 431 g/mol. The van der Waals surface area contributed by atoms with Crippen LogP contribution >= 0.6 is 0 Å². The van der Waals surface area contributed by atoms with Gasteiger partial charge in [-0.2, -0.15) is 13.2 Å². The minimum absolute atomic E-state index is 0.0368. The predicted octanol–water partition coefficient (Wildman–Crippen LogP) is 5.51. The van der Waals surface area contributed by atoms with Crippen molar-refractivity contribution in [3.63, 3.8) is 0 Å². The van der Waals surface area contributed by atoms with Gasteiger partial charge in [-0.3, -0.25) is 14.5 Å². The summed E-state index contributed by atoms with van der Waals surface area (Å²) in [7, 11) is 0. The van der Waals surface area contributed by atoms with E-state index in [0.717, 1.165) is 18.2 Å². The minimum atomic E-state index is -4.48. The molecule has 3 heterocycles. The van der Waals surface area contributed by atoms with E-state index in [9.17, 15) is 27.7 Å². The van der Waals surface area contributed by atoms with Crippen molar-refractivity contribution in [3.05, 3.63) is 81.9 Å². The Morgan fingerprint density at radius 3 is 2.42 bits per heavy atom. The third-order valence-electron chi connectivity index (χ3n) is 4.50. The van der Waals surface area contributed by atoms with Crippen molar-refractivity contribution in [1.29, 1.82) is 0 Å². The molecule has 0 radical (unpaired) electrons. The number of rotatable bonds is 4. The van der Waals surface area contributed by atoms with E-state index in [-0.39, 0.29) is 22.9 Å². The van der Waals surface area contributed by atoms with Gasteiger partial charge in [0.1, 0.15) is 17.3 Å². The standard InChI is InChI=1S/C20H13F4N5O2/c1-11-19(28-10-13(21)4-7-18(28)25-11)16-8-15(29(30)31)9-17(27-16)26-14-5-2-12(3-6-14)20(22,23)24/h2-10H,1H3,(H,26,27). The number of hydrogen-bond acceptors (Lipinski definition) is 5. The quantitative estimate of drug-likeness (QED) is 0.261. The maximum Gasteiger partial charge on any atom is 0.416 e. The van der Waals surface area contributed by atoms with Gasteiger partial charge in [-0.05, 0) is 43.3 Å². The molecule has 0 aliphatic rings. The lowest BCUT2D eigenvalue weighted by atomic mass is 10.2. The fourth-order valence-corrected chi connectivity index (χ4v) is 3.14. The van der Waals surface area contributed by atoms with Crippen LogP contribution in [0.1, 0.15) is 11.3 Å². The number of fused-ring (bicyclic) bond motifs is 1. The van der Waals surface area contributed by atoms with Crippen LogP contribution in [0.15, 0.2) is 54.7 Å². The van der Waals surface area contributed by atoms with Gasteiger partial charge in [0.05, 0.1) is 33.6 Å². The Bertz CT molecular complexity index is 1300. The van der Waals surface area contributed by atoms with E-state index in [1.54, 1.807) is 6.92 Å². The minimum Gasteiger partial charge on any atom is -0.340 e. The molecule has 7 nitrogen and oxygen atoms in total. The van der Waals surface area contributed by atoms with Crippen LogP contribution < -0.4 is 5.32 Å². The number of aryl methyl sites for hydroxylation is 1. The molecule has 4 rings (SSSR count). The number of anilines is 2. The summed E-state index contributed by atoms with van der Waals surface area (Å²) in [5.41, 5.74) is 0.540. The molecule has 0 spiro atoms. The summed E-state index contributed by atoms with van der Waals surface area (Å²) < 4.78 is 53.4. The second kappa shape index (κ2) is 7.35. The molecule has 0 aliphatic heterocycles. The molecule has 0 bridgehead atoms. The second-order valence-electron chi connectivity index (χ2n) is 6.67. The molecule has 4 aromatic rings. The Kier molecular flexibility index (Phi) is 4.80. The van der Waals surface area contributed by atoms with Crippen LogP contribution in [0.5, 0.6) is 0 Å². The molecule has 3 aromatic heterocycles. The lowest BCUT2D eigenvalue weighted by Gasteiger charge is -2.10. The number of alkyl halides is 3. The summed E-state index contributed by atoms with van der Waals surface area (Å²) in [5.74, 6) is -0.491. The smallest absolute Gasteiger partial charge is 0.340 e. The van der Waals surface area contributed by atoms with E-state index < -0.39 is 22.5 Å². The van der Waals surface area contributed by atoms with E-state index in [4.69, 9.17) is 0 Å². The molecule has 0 aliphatic carbocycles. The molecule has 158 valence electrons. The molecule has 11 heteroatoms. The number of nitrogens with one attached hydrogen (secondary N) is 1. The van der Waals surface area contributed by atoms with E-state index in [2.05, 4.69) is 15.3 Å². The largest absolute Gasteiger partial charge is 0.416 e. The summed E-state index contributed by atoms with van der Waals surface area (Å²) in [5, 5.41) is 14.2. The summed E-state index contributed by atoms with van der Waals surface area (Å²) in [6.45, 7) is 1.66. The van der Waals surface area contributed by atoms with Crippen LogP contribution in [-0.2, 0) is 6.18 Å². The number of nitrogens with zero attached hydrogens (tertiary/aromatic N) is 4. The number of halogens is 4. The third-order valence-corrected chi connectivity index (χ3v) is 4.50. The molecule has 0 amide bonds. The first kappa shape index (κ1) is 20.3. The van der Waals surface area contributed by atoms with Gasteiger partial charge >= 0.3 is 6.18 Å².